The van der Waals surface area contributed by atoms with Gasteiger partial charge in [0.2, 0.25) is 0 Å². The third kappa shape index (κ3) is 2.95. The van der Waals surface area contributed by atoms with Crippen LogP contribution in [-0.4, -0.2) is 0 Å². The van der Waals surface area contributed by atoms with E-state index in [-0.39, 0.29) is 24.6 Å². The fourth-order valence-corrected chi connectivity index (χ4v) is 2.56. The van der Waals surface area contributed by atoms with Gasteiger partial charge in [0.25, 0.3) is 0 Å². The van der Waals surface area contributed by atoms with Gasteiger partial charge < -0.3 is 5.11 Å². The second kappa shape index (κ2) is 6.15. The minimum absolute atomic E-state index is 0. The van der Waals surface area contributed by atoms with Crippen LogP contribution in [0.5, 0.6) is 0 Å². The zero-order chi connectivity index (χ0) is 12.4. The molecule has 0 saturated heterocycles. The van der Waals surface area contributed by atoms with Gasteiger partial charge in [0.1, 0.15) is 0 Å². The van der Waals surface area contributed by atoms with Crippen molar-refractivity contribution in [2.24, 2.45) is 0 Å². The molecule has 3 rings (SSSR count). The standard InChI is InChI=1S/C17H16O.Li/c18-17-15(12-13-6-2-1-3-7-13)11-10-14-8-4-5-9-16(14)17;/h1-9,18H,10-12H2;/q;+1/p-1. The summed E-state index contributed by atoms with van der Waals surface area (Å²) >= 11 is 0. The molecule has 2 heteroatoms. The average Bonchev–Trinajstić information content (AvgIpc) is 2.43. The van der Waals surface area contributed by atoms with Crippen LogP contribution >= 0.6 is 0 Å². The molecular weight excluding hydrogens is 227 g/mol. The van der Waals surface area contributed by atoms with E-state index in [9.17, 15) is 5.11 Å². The minimum Gasteiger partial charge on any atom is -0.872 e. The number of benzene rings is 2. The van der Waals surface area contributed by atoms with E-state index in [1.54, 1.807) is 0 Å². The predicted molar refractivity (Wildman–Crippen MR) is 71.8 cm³/mol. The summed E-state index contributed by atoms with van der Waals surface area (Å²) < 4.78 is 0. The molecule has 0 unspecified atom stereocenters. The van der Waals surface area contributed by atoms with Gasteiger partial charge in [0, 0.05) is 0 Å². The molecule has 0 bridgehead atoms. The minimum atomic E-state index is 0. The Morgan fingerprint density at radius 3 is 2.32 bits per heavy atom. The molecule has 1 aliphatic carbocycles. The molecule has 0 heterocycles. The monoisotopic (exact) mass is 242 g/mol. The summed E-state index contributed by atoms with van der Waals surface area (Å²) in [5.74, 6) is 0.237. The normalized spacial score (nSPS) is 13.7. The molecule has 0 saturated carbocycles. The number of allylic oxidation sites excluding steroid dienone is 1. The van der Waals surface area contributed by atoms with Crippen molar-refractivity contribution in [3.05, 3.63) is 76.9 Å². The zero-order valence-corrected chi connectivity index (χ0v) is 11.2. The second-order valence-electron chi connectivity index (χ2n) is 4.75. The maximum Gasteiger partial charge on any atom is 1.00 e. The fourth-order valence-electron chi connectivity index (χ4n) is 2.56. The van der Waals surface area contributed by atoms with Crippen LogP contribution < -0.4 is 24.0 Å². The van der Waals surface area contributed by atoms with Gasteiger partial charge in [-0.25, -0.2) is 0 Å². The number of rotatable bonds is 2. The Bertz CT molecular complexity index is 587. The first-order valence-electron chi connectivity index (χ1n) is 6.36. The van der Waals surface area contributed by atoms with Crippen LogP contribution in [0.1, 0.15) is 23.1 Å². The molecule has 0 spiro atoms. The van der Waals surface area contributed by atoms with E-state index in [0.717, 1.165) is 30.4 Å². The van der Waals surface area contributed by atoms with E-state index in [1.165, 1.54) is 11.1 Å². The van der Waals surface area contributed by atoms with Crippen molar-refractivity contribution in [3.8, 4) is 0 Å². The number of fused-ring (bicyclic) bond motifs is 1. The molecule has 2 aromatic carbocycles. The molecule has 1 aliphatic rings. The first kappa shape index (κ1) is 14.0. The Kier molecular flexibility index (Phi) is 4.53. The summed E-state index contributed by atoms with van der Waals surface area (Å²) in [6, 6.07) is 18.2. The van der Waals surface area contributed by atoms with E-state index < -0.39 is 0 Å². The summed E-state index contributed by atoms with van der Waals surface area (Å²) in [6.07, 6.45) is 2.67. The third-order valence-electron chi connectivity index (χ3n) is 3.54. The van der Waals surface area contributed by atoms with Crippen LogP contribution in [-0.2, 0) is 12.8 Å². The van der Waals surface area contributed by atoms with E-state index in [0.29, 0.717) is 0 Å². The van der Waals surface area contributed by atoms with E-state index >= 15 is 0 Å². The summed E-state index contributed by atoms with van der Waals surface area (Å²) in [7, 11) is 0. The molecule has 0 N–H and O–H groups in total. The second-order valence-corrected chi connectivity index (χ2v) is 4.75. The van der Waals surface area contributed by atoms with Crippen LogP contribution in [0, 0.1) is 0 Å². The Morgan fingerprint density at radius 2 is 1.53 bits per heavy atom. The molecule has 0 amide bonds. The van der Waals surface area contributed by atoms with Gasteiger partial charge in [-0.3, -0.25) is 0 Å². The average molecular weight is 242 g/mol. The van der Waals surface area contributed by atoms with Gasteiger partial charge in [0.15, 0.2) is 0 Å². The topological polar surface area (TPSA) is 23.1 Å². The summed E-state index contributed by atoms with van der Waals surface area (Å²) in [5.41, 5.74) is 4.36. The summed E-state index contributed by atoms with van der Waals surface area (Å²) in [6.45, 7) is 0. The van der Waals surface area contributed by atoms with Gasteiger partial charge >= 0.3 is 18.9 Å². The third-order valence-corrected chi connectivity index (χ3v) is 3.54. The van der Waals surface area contributed by atoms with Crippen molar-refractivity contribution in [1.82, 2.24) is 0 Å². The molecule has 0 aliphatic heterocycles. The van der Waals surface area contributed by atoms with E-state index in [4.69, 9.17) is 0 Å². The maximum atomic E-state index is 12.4. The Labute approximate surface area is 126 Å². The summed E-state index contributed by atoms with van der Waals surface area (Å²) in [4.78, 5) is 0. The van der Waals surface area contributed by atoms with Gasteiger partial charge in [-0.2, -0.15) is 0 Å². The molecule has 0 aromatic heterocycles. The zero-order valence-electron chi connectivity index (χ0n) is 11.2. The Balaban J connectivity index is 0.00000133. The van der Waals surface area contributed by atoms with Crippen LogP contribution in [0.4, 0.5) is 0 Å². The van der Waals surface area contributed by atoms with Crippen molar-refractivity contribution < 1.29 is 24.0 Å². The van der Waals surface area contributed by atoms with Crippen LogP contribution in [0.25, 0.3) is 5.76 Å². The number of hydrogen-bond acceptors (Lipinski definition) is 1. The largest absolute Gasteiger partial charge is 1.00 e. The van der Waals surface area contributed by atoms with Crippen molar-refractivity contribution in [3.63, 3.8) is 0 Å². The molecule has 90 valence electrons. The Hall–Kier alpha value is -1.42. The Morgan fingerprint density at radius 1 is 0.842 bits per heavy atom. The van der Waals surface area contributed by atoms with Crippen LogP contribution in [0.15, 0.2) is 60.2 Å². The smallest absolute Gasteiger partial charge is 0.872 e. The van der Waals surface area contributed by atoms with Gasteiger partial charge in [-0.1, -0.05) is 60.2 Å². The SMILES string of the molecule is [Li+].[O-]C1=C(Cc2ccccc2)CCc2ccccc21. The first-order valence-corrected chi connectivity index (χ1v) is 6.36. The van der Waals surface area contributed by atoms with Gasteiger partial charge in [0.05, 0.1) is 0 Å². The van der Waals surface area contributed by atoms with Crippen LogP contribution in [0.3, 0.4) is 0 Å². The molecule has 0 atom stereocenters. The summed E-state index contributed by atoms with van der Waals surface area (Å²) in [5, 5.41) is 12.4. The van der Waals surface area contributed by atoms with Gasteiger partial charge in [-0.15, -0.1) is 5.76 Å². The molecular formula is C17H15LiO. The molecule has 0 fully saturated rings. The van der Waals surface area contributed by atoms with Gasteiger partial charge in [-0.05, 0) is 36.0 Å². The quantitative estimate of drug-likeness (QED) is 0.677. The maximum absolute atomic E-state index is 12.4. The van der Waals surface area contributed by atoms with E-state index in [2.05, 4.69) is 18.2 Å². The van der Waals surface area contributed by atoms with Crippen molar-refractivity contribution in [2.45, 2.75) is 19.3 Å². The van der Waals surface area contributed by atoms with Crippen molar-refractivity contribution in [2.75, 3.05) is 0 Å². The number of aryl methyl sites for hydroxylation is 1. The molecule has 19 heavy (non-hydrogen) atoms. The molecule has 0 radical (unpaired) electrons. The molecule has 2 aromatic rings. The first-order chi connectivity index (χ1) is 8.84. The van der Waals surface area contributed by atoms with Crippen molar-refractivity contribution in [1.29, 1.82) is 0 Å². The number of hydrogen-bond donors (Lipinski definition) is 0. The predicted octanol–water partition coefficient (Wildman–Crippen LogP) is -0.0491. The molecule has 1 nitrogen and oxygen atoms in total. The van der Waals surface area contributed by atoms with E-state index in [1.807, 2.05) is 36.4 Å². The van der Waals surface area contributed by atoms with Crippen LogP contribution in [0.2, 0.25) is 0 Å². The fraction of sp³-hybridized carbons (Fsp3) is 0.176. The van der Waals surface area contributed by atoms with Crippen molar-refractivity contribution >= 4 is 5.76 Å².